The number of nitrogens with one attached hydrogen (secondary N) is 2. The van der Waals surface area contributed by atoms with Crippen molar-refractivity contribution >= 4 is 17.5 Å². The van der Waals surface area contributed by atoms with Crippen molar-refractivity contribution in [3.63, 3.8) is 0 Å². The predicted octanol–water partition coefficient (Wildman–Crippen LogP) is 3.44. The molecule has 0 aliphatic carbocycles. The van der Waals surface area contributed by atoms with Gasteiger partial charge in [-0.2, -0.15) is 0 Å². The third-order valence-corrected chi connectivity index (χ3v) is 3.47. The van der Waals surface area contributed by atoms with E-state index in [9.17, 15) is 9.59 Å². The van der Waals surface area contributed by atoms with Crippen LogP contribution in [0.1, 0.15) is 41.4 Å². The lowest BCUT2D eigenvalue weighted by Crippen LogP contribution is -2.27. The van der Waals surface area contributed by atoms with Gasteiger partial charge in [0.25, 0.3) is 5.91 Å². The number of hydrogen-bond acceptors (Lipinski definition) is 2. The average Bonchev–Trinajstić information content (AvgIpc) is 2.47. The second kappa shape index (κ2) is 6.89. The van der Waals surface area contributed by atoms with Gasteiger partial charge in [-0.1, -0.05) is 24.3 Å². The Bertz CT molecular complexity index is 678. The predicted molar refractivity (Wildman–Crippen MR) is 87.8 cm³/mol. The normalized spacial score (nSPS) is 11.6. The first kappa shape index (κ1) is 15.8. The van der Waals surface area contributed by atoms with Crippen LogP contribution in [0.5, 0.6) is 0 Å². The van der Waals surface area contributed by atoms with E-state index in [1.807, 2.05) is 38.1 Å². The van der Waals surface area contributed by atoms with Gasteiger partial charge < -0.3 is 10.6 Å². The summed E-state index contributed by atoms with van der Waals surface area (Å²) in [5, 5.41) is 5.66. The third kappa shape index (κ3) is 3.95. The van der Waals surface area contributed by atoms with E-state index in [1.54, 1.807) is 24.3 Å². The lowest BCUT2D eigenvalue weighted by molar-refractivity contribution is -0.114. The summed E-state index contributed by atoms with van der Waals surface area (Å²) >= 11 is 0. The third-order valence-electron chi connectivity index (χ3n) is 3.47. The standard InChI is InChI=1S/C18H20N2O2/c1-12-6-4-5-7-17(12)13(2)19-18(22)15-8-10-16(11-9-15)20-14(3)21/h4-11,13H,1-3H3,(H,19,22)(H,20,21)/t13-/m0/s1. The SMILES string of the molecule is CC(=O)Nc1ccc(C(=O)N[C@@H](C)c2ccccc2C)cc1. The van der Waals surface area contributed by atoms with Gasteiger partial charge in [-0.05, 0) is 49.2 Å². The number of amides is 2. The molecular weight excluding hydrogens is 276 g/mol. The summed E-state index contributed by atoms with van der Waals surface area (Å²) in [7, 11) is 0. The second-order valence-electron chi connectivity index (χ2n) is 5.31. The number of aryl methyl sites for hydroxylation is 1. The van der Waals surface area contributed by atoms with Gasteiger partial charge in [-0.25, -0.2) is 0 Å². The summed E-state index contributed by atoms with van der Waals surface area (Å²) in [5.74, 6) is -0.268. The Balaban J connectivity index is 2.06. The minimum atomic E-state index is -0.134. The topological polar surface area (TPSA) is 58.2 Å². The van der Waals surface area contributed by atoms with Gasteiger partial charge in [0.05, 0.1) is 6.04 Å². The first-order chi connectivity index (χ1) is 10.5. The van der Waals surface area contributed by atoms with Gasteiger partial charge in [0.2, 0.25) is 5.91 Å². The molecular formula is C18H20N2O2. The fourth-order valence-electron chi connectivity index (χ4n) is 2.34. The van der Waals surface area contributed by atoms with Crippen molar-refractivity contribution < 1.29 is 9.59 Å². The van der Waals surface area contributed by atoms with Crippen LogP contribution in [-0.4, -0.2) is 11.8 Å². The lowest BCUT2D eigenvalue weighted by Gasteiger charge is -2.16. The van der Waals surface area contributed by atoms with E-state index in [0.29, 0.717) is 11.3 Å². The molecule has 0 aliphatic rings. The molecule has 0 spiro atoms. The molecule has 0 fully saturated rings. The van der Waals surface area contributed by atoms with Crippen LogP contribution in [0.25, 0.3) is 0 Å². The molecule has 2 rings (SSSR count). The Morgan fingerprint density at radius 1 is 1.00 bits per heavy atom. The molecule has 2 aromatic rings. The van der Waals surface area contributed by atoms with Crippen LogP contribution in [0.15, 0.2) is 48.5 Å². The highest BCUT2D eigenvalue weighted by atomic mass is 16.2. The Morgan fingerprint density at radius 3 is 2.23 bits per heavy atom. The van der Waals surface area contributed by atoms with Gasteiger partial charge in [-0.15, -0.1) is 0 Å². The van der Waals surface area contributed by atoms with Gasteiger partial charge in [-0.3, -0.25) is 9.59 Å². The molecule has 0 saturated heterocycles. The molecule has 114 valence electrons. The zero-order chi connectivity index (χ0) is 16.1. The van der Waals surface area contributed by atoms with Crippen molar-refractivity contribution in [2.45, 2.75) is 26.8 Å². The average molecular weight is 296 g/mol. The highest BCUT2D eigenvalue weighted by molar-refractivity contribution is 5.95. The summed E-state index contributed by atoms with van der Waals surface area (Å²) in [6.45, 7) is 5.44. The molecule has 4 nitrogen and oxygen atoms in total. The van der Waals surface area contributed by atoms with E-state index >= 15 is 0 Å². The highest BCUT2D eigenvalue weighted by Crippen LogP contribution is 2.17. The number of carbonyl (C=O) groups is 2. The molecule has 2 amide bonds. The largest absolute Gasteiger partial charge is 0.346 e. The van der Waals surface area contributed by atoms with E-state index < -0.39 is 0 Å². The highest BCUT2D eigenvalue weighted by Gasteiger charge is 2.12. The van der Waals surface area contributed by atoms with Crippen LogP contribution >= 0.6 is 0 Å². The molecule has 2 aromatic carbocycles. The molecule has 0 radical (unpaired) electrons. The van der Waals surface area contributed by atoms with E-state index in [2.05, 4.69) is 10.6 Å². The number of anilines is 1. The second-order valence-corrected chi connectivity index (χ2v) is 5.31. The maximum absolute atomic E-state index is 12.3. The first-order valence-corrected chi connectivity index (χ1v) is 7.21. The van der Waals surface area contributed by atoms with Crippen LogP contribution < -0.4 is 10.6 Å². The summed E-state index contributed by atoms with van der Waals surface area (Å²) in [6.07, 6.45) is 0. The number of carbonyl (C=O) groups excluding carboxylic acids is 2. The van der Waals surface area contributed by atoms with Gasteiger partial charge >= 0.3 is 0 Å². The molecule has 22 heavy (non-hydrogen) atoms. The van der Waals surface area contributed by atoms with Crippen LogP contribution in [0, 0.1) is 6.92 Å². The molecule has 4 heteroatoms. The maximum Gasteiger partial charge on any atom is 0.251 e. The summed E-state index contributed by atoms with van der Waals surface area (Å²) in [4.78, 5) is 23.3. The van der Waals surface area contributed by atoms with Crippen LogP contribution in [0.2, 0.25) is 0 Å². The molecule has 0 bridgehead atoms. The first-order valence-electron chi connectivity index (χ1n) is 7.21. The molecule has 0 saturated carbocycles. The van der Waals surface area contributed by atoms with Crippen LogP contribution in [0.4, 0.5) is 5.69 Å². The quantitative estimate of drug-likeness (QED) is 0.908. The Hall–Kier alpha value is -2.62. The van der Waals surface area contributed by atoms with Crippen molar-refractivity contribution in [2.75, 3.05) is 5.32 Å². The molecule has 1 atom stereocenters. The van der Waals surface area contributed by atoms with Crippen LogP contribution in [0.3, 0.4) is 0 Å². The van der Waals surface area contributed by atoms with Crippen molar-refractivity contribution in [1.82, 2.24) is 5.32 Å². The smallest absolute Gasteiger partial charge is 0.251 e. The zero-order valence-electron chi connectivity index (χ0n) is 13.0. The van der Waals surface area contributed by atoms with Crippen molar-refractivity contribution in [3.05, 3.63) is 65.2 Å². The number of hydrogen-bond donors (Lipinski definition) is 2. The Morgan fingerprint density at radius 2 is 1.64 bits per heavy atom. The van der Waals surface area contributed by atoms with Gasteiger partial charge in [0.1, 0.15) is 0 Å². The molecule has 0 unspecified atom stereocenters. The molecule has 0 heterocycles. The van der Waals surface area contributed by atoms with Gasteiger partial charge in [0, 0.05) is 18.2 Å². The summed E-state index contributed by atoms with van der Waals surface area (Å²) in [5.41, 5.74) is 3.49. The molecule has 0 aliphatic heterocycles. The fraction of sp³-hybridized carbons (Fsp3) is 0.222. The summed E-state index contributed by atoms with van der Waals surface area (Å²) in [6, 6.07) is 14.8. The fourth-order valence-corrected chi connectivity index (χ4v) is 2.34. The molecule has 0 aromatic heterocycles. The zero-order valence-corrected chi connectivity index (χ0v) is 13.0. The van der Waals surface area contributed by atoms with E-state index in [-0.39, 0.29) is 17.9 Å². The van der Waals surface area contributed by atoms with Gasteiger partial charge in [0.15, 0.2) is 0 Å². The maximum atomic E-state index is 12.3. The Kier molecular flexibility index (Phi) is 4.94. The van der Waals surface area contributed by atoms with Crippen molar-refractivity contribution in [2.24, 2.45) is 0 Å². The summed E-state index contributed by atoms with van der Waals surface area (Å²) < 4.78 is 0. The number of rotatable bonds is 4. The van der Waals surface area contributed by atoms with Crippen LogP contribution in [-0.2, 0) is 4.79 Å². The van der Waals surface area contributed by atoms with Crippen molar-refractivity contribution in [1.29, 1.82) is 0 Å². The minimum Gasteiger partial charge on any atom is -0.346 e. The number of benzene rings is 2. The van der Waals surface area contributed by atoms with E-state index in [0.717, 1.165) is 11.1 Å². The van der Waals surface area contributed by atoms with E-state index in [1.165, 1.54) is 6.92 Å². The lowest BCUT2D eigenvalue weighted by atomic mass is 10.0. The van der Waals surface area contributed by atoms with Crippen molar-refractivity contribution in [3.8, 4) is 0 Å². The minimum absolute atomic E-state index is 0.0660. The monoisotopic (exact) mass is 296 g/mol. The molecule has 2 N–H and O–H groups in total. The Labute approximate surface area is 130 Å². The van der Waals surface area contributed by atoms with E-state index in [4.69, 9.17) is 0 Å².